The van der Waals surface area contributed by atoms with Crippen LogP contribution in [0.25, 0.3) is 0 Å². The number of anilines is 1. The lowest BCUT2D eigenvalue weighted by Crippen LogP contribution is -2.03. The summed E-state index contributed by atoms with van der Waals surface area (Å²) < 4.78 is 1.05. The van der Waals surface area contributed by atoms with Gasteiger partial charge in [0.05, 0.1) is 10.2 Å². The van der Waals surface area contributed by atoms with Crippen molar-refractivity contribution in [1.82, 2.24) is 4.98 Å². The van der Waals surface area contributed by atoms with E-state index in [-0.39, 0.29) is 0 Å². The maximum Gasteiger partial charge on any atom is 0.0590 e. The van der Waals surface area contributed by atoms with Crippen LogP contribution in [0.15, 0.2) is 22.9 Å². The highest BCUT2D eigenvalue weighted by Gasteiger charge is 2.20. The average molecular weight is 227 g/mol. The molecule has 64 valence electrons. The molecule has 1 fully saturated rings. The van der Waals surface area contributed by atoms with Crippen molar-refractivity contribution >= 4 is 21.6 Å². The van der Waals surface area contributed by atoms with Gasteiger partial charge < -0.3 is 5.32 Å². The summed E-state index contributed by atoms with van der Waals surface area (Å²) in [5, 5.41) is 3.39. The first-order valence-electron chi connectivity index (χ1n) is 4.19. The van der Waals surface area contributed by atoms with E-state index in [2.05, 4.69) is 26.2 Å². The molecule has 0 spiro atoms. The number of hydrogen-bond acceptors (Lipinski definition) is 2. The van der Waals surface area contributed by atoms with Crippen LogP contribution in [0.4, 0.5) is 5.69 Å². The first-order chi connectivity index (χ1) is 5.86. The molecule has 2 nitrogen and oxygen atoms in total. The molecule has 0 radical (unpaired) electrons. The molecule has 0 unspecified atom stereocenters. The summed E-state index contributed by atoms with van der Waals surface area (Å²) in [6, 6.07) is 1.99. The van der Waals surface area contributed by atoms with Crippen molar-refractivity contribution in [3.05, 3.63) is 22.9 Å². The molecule has 12 heavy (non-hydrogen) atoms. The predicted molar refractivity (Wildman–Crippen MR) is 53.2 cm³/mol. The van der Waals surface area contributed by atoms with Gasteiger partial charge in [-0.25, -0.2) is 0 Å². The minimum absolute atomic E-state index is 0.907. The highest BCUT2D eigenvalue weighted by Crippen LogP contribution is 2.30. The Bertz CT molecular complexity index is 271. The molecule has 2 rings (SSSR count). The Morgan fingerprint density at radius 3 is 3.08 bits per heavy atom. The Morgan fingerprint density at radius 2 is 2.42 bits per heavy atom. The number of halogens is 1. The first kappa shape index (κ1) is 8.05. The molecule has 0 atom stereocenters. The zero-order valence-electron chi connectivity index (χ0n) is 6.76. The van der Waals surface area contributed by atoms with Gasteiger partial charge in [0.25, 0.3) is 0 Å². The van der Waals surface area contributed by atoms with Gasteiger partial charge in [-0.05, 0) is 40.8 Å². The van der Waals surface area contributed by atoms with E-state index >= 15 is 0 Å². The van der Waals surface area contributed by atoms with Gasteiger partial charge in [-0.15, -0.1) is 0 Å². The fourth-order valence-electron chi connectivity index (χ4n) is 1.09. The van der Waals surface area contributed by atoms with Crippen molar-refractivity contribution in [2.24, 2.45) is 5.92 Å². The van der Waals surface area contributed by atoms with E-state index in [1.54, 1.807) is 6.20 Å². The zero-order valence-corrected chi connectivity index (χ0v) is 8.34. The number of rotatable bonds is 3. The van der Waals surface area contributed by atoms with Crippen molar-refractivity contribution in [1.29, 1.82) is 0 Å². The SMILES string of the molecule is Brc1cnccc1NCC1CC1. The van der Waals surface area contributed by atoms with E-state index in [9.17, 15) is 0 Å². The Labute approximate surface area is 80.5 Å². The summed E-state index contributed by atoms with van der Waals surface area (Å²) in [5.74, 6) is 0.907. The van der Waals surface area contributed by atoms with Gasteiger partial charge in [0.15, 0.2) is 0 Å². The third kappa shape index (κ3) is 1.97. The smallest absolute Gasteiger partial charge is 0.0590 e. The van der Waals surface area contributed by atoms with Gasteiger partial charge in [0, 0.05) is 18.9 Å². The number of hydrogen-bond donors (Lipinski definition) is 1. The molecule has 0 aromatic carbocycles. The van der Waals surface area contributed by atoms with E-state index in [1.807, 2.05) is 12.3 Å². The third-order valence-corrected chi connectivity index (χ3v) is 2.68. The van der Waals surface area contributed by atoms with E-state index in [4.69, 9.17) is 0 Å². The van der Waals surface area contributed by atoms with E-state index in [0.29, 0.717) is 0 Å². The molecule has 1 heterocycles. The first-order valence-corrected chi connectivity index (χ1v) is 4.99. The summed E-state index contributed by atoms with van der Waals surface area (Å²) in [6.45, 7) is 1.10. The standard InChI is InChI=1S/C9H11BrN2/c10-8-6-11-4-3-9(8)12-5-7-1-2-7/h3-4,6-7H,1-2,5H2,(H,11,12). The molecule has 1 aliphatic carbocycles. The lowest BCUT2D eigenvalue weighted by Gasteiger charge is -2.05. The molecule has 1 aromatic heterocycles. The van der Waals surface area contributed by atoms with E-state index in [1.165, 1.54) is 12.8 Å². The maximum atomic E-state index is 4.00. The van der Waals surface area contributed by atoms with Gasteiger partial charge in [0.2, 0.25) is 0 Å². The number of aromatic nitrogens is 1. The molecular formula is C9H11BrN2. The van der Waals surface area contributed by atoms with Crippen molar-refractivity contribution in [2.75, 3.05) is 11.9 Å². The van der Waals surface area contributed by atoms with Crippen LogP contribution in [-0.4, -0.2) is 11.5 Å². The lowest BCUT2D eigenvalue weighted by molar-refractivity contribution is 0.888. The van der Waals surface area contributed by atoms with Crippen molar-refractivity contribution in [3.8, 4) is 0 Å². The number of nitrogens with zero attached hydrogens (tertiary/aromatic N) is 1. The highest BCUT2D eigenvalue weighted by atomic mass is 79.9. The third-order valence-electron chi connectivity index (χ3n) is 2.05. The molecule has 0 bridgehead atoms. The van der Waals surface area contributed by atoms with Crippen LogP contribution in [0, 0.1) is 5.92 Å². The van der Waals surface area contributed by atoms with Crippen LogP contribution in [0.2, 0.25) is 0 Å². The van der Waals surface area contributed by atoms with E-state index < -0.39 is 0 Å². The predicted octanol–water partition coefficient (Wildman–Crippen LogP) is 2.67. The van der Waals surface area contributed by atoms with E-state index in [0.717, 1.165) is 22.6 Å². The Balaban J connectivity index is 1.96. The molecule has 0 saturated heterocycles. The Morgan fingerprint density at radius 1 is 1.58 bits per heavy atom. The normalized spacial score (nSPS) is 16.1. The zero-order chi connectivity index (χ0) is 8.39. The largest absolute Gasteiger partial charge is 0.384 e. The van der Waals surface area contributed by atoms with Gasteiger partial charge in [-0.3, -0.25) is 4.98 Å². The van der Waals surface area contributed by atoms with Crippen LogP contribution < -0.4 is 5.32 Å². The molecule has 1 saturated carbocycles. The molecule has 1 N–H and O–H groups in total. The molecule has 0 aliphatic heterocycles. The fourth-order valence-corrected chi connectivity index (χ4v) is 1.49. The van der Waals surface area contributed by atoms with Gasteiger partial charge >= 0.3 is 0 Å². The summed E-state index contributed by atoms with van der Waals surface area (Å²) in [7, 11) is 0. The van der Waals surface area contributed by atoms with Crippen LogP contribution in [0.5, 0.6) is 0 Å². The summed E-state index contributed by atoms with van der Waals surface area (Å²) in [6.07, 6.45) is 6.39. The highest BCUT2D eigenvalue weighted by molar-refractivity contribution is 9.10. The second-order valence-electron chi connectivity index (χ2n) is 3.18. The van der Waals surface area contributed by atoms with Crippen LogP contribution in [0.3, 0.4) is 0 Å². The quantitative estimate of drug-likeness (QED) is 0.858. The molecular weight excluding hydrogens is 216 g/mol. The average Bonchev–Trinajstić information content (AvgIpc) is 2.86. The van der Waals surface area contributed by atoms with Crippen LogP contribution in [-0.2, 0) is 0 Å². The van der Waals surface area contributed by atoms with Crippen LogP contribution in [0.1, 0.15) is 12.8 Å². The minimum Gasteiger partial charge on any atom is -0.384 e. The topological polar surface area (TPSA) is 24.9 Å². The maximum absolute atomic E-state index is 4.00. The van der Waals surface area contributed by atoms with Crippen LogP contribution >= 0.6 is 15.9 Å². The number of nitrogens with one attached hydrogen (secondary N) is 1. The Hall–Kier alpha value is -0.570. The lowest BCUT2D eigenvalue weighted by atomic mass is 10.3. The Kier molecular flexibility index (Phi) is 2.30. The summed E-state index contributed by atoms with van der Waals surface area (Å²) >= 11 is 3.44. The fraction of sp³-hybridized carbons (Fsp3) is 0.444. The molecule has 1 aromatic rings. The van der Waals surface area contributed by atoms with Crippen molar-refractivity contribution < 1.29 is 0 Å². The monoisotopic (exact) mass is 226 g/mol. The second-order valence-corrected chi connectivity index (χ2v) is 4.03. The van der Waals surface area contributed by atoms with Gasteiger partial charge in [-0.2, -0.15) is 0 Å². The number of pyridine rings is 1. The van der Waals surface area contributed by atoms with Crippen molar-refractivity contribution in [3.63, 3.8) is 0 Å². The van der Waals surface area contributed by atoms with Gasteiger partial charge in [0.1, 0.15) is 0 Å². The van der Waals surface area contributed by atoms with Crippen molar-refractivity contribution in [2.45, 2.75) is 12.8 Å². The molecule has 1 aliphatic rings. The summed E-state index contributed by atoms with van der Waals surface area (Å²) in [4.78, 5) is 4.00. The molecule has 3 heteroatoms. The summed E-state index contributed by atoms with van der Waals surface area (Å²) in [5.41, 5.74) is 1.15. The molecule has 0 amide bonds. The minimum atomic E-state index is 0.907. The second kappa shape index (κ2) is 3.44. The van der Waals surface area contributed by atoms with Gasteiger partial charge in [-0.1, -0.05) is 0 Å².